The van der Waals surface area contributed by atoms with E-state index >= 15 is 0 Å². The van der Waals surface area contributed by atoms with Crippen LogP contribution in [0.5, 0.6) is 0 Å². The van der Waals surface area contributed by atoms with Crippen molar-refractivity contribution in [3.8, 4) is 0 Å². The predicted molar refractivity (Wildman–Crippen MR) is 107 cm³/mol. The fourth-order valence-corrected chi connectivity index (χ4v) is 2.76. The van der Waals surface area contributed by atoms with Crippen molar-refractivity contribution in [2.45, 2.75) is 33.7 Å². The van der Waals surface area contributed by atoms with Crippen LogP contribution < -0.4 is 10.6 Å². The normalized spacial score (nSPS) is 14.2. The van der Waals surface area contributed by atoms with E-state index in [-0.39, 0.29) is 30.0 Å². The van der Waals surface area contributed by atoms with Gasteiger partial charge in [-0.15, -0.1) is 0 Å². The van der Waals surface area contributed by atoms with Crippen LogP contribution in [0.4, 0.5) is 15.3 Å². The molecule has 0 atom stereocenters. The maximum absolute atomic E-state index is 12.8. The molecule has 0 radical (unpaired) electrons. The summed E-state index contributed by atoms with van der Waals surface area (Å²) in [4.78, 5) is 40.0. The highest BCUT2D eigenvalue weighted by Crippen LogP contribution is 2.15. The van der Waals surface area contributed by atoms with Crippen molar-refractivity contribution in [2.75, 3.05) is 38.1 Å². The molecule has 1 aromatic rings. The lowest BCUT2D eigenvalue weighted by molar-refractivity contribution is 0.0535. The third kappa shape index (κ3) is 6.44. The van der Waals surface area contributed by atoms with Gasteiger partial charge in [-0.25, -0.2) is 9.59 Å². The molecule has 2 N–H and O–H groups in total. The summed E-state index contributed by atoms with van der Waals surface area (Å²) in [5, 5.41) is 5.47. The average Bonchev–Trinajstić information content (AvgIpc) is 2.65. The highest BCUT2D eigenvalue weighted by molar-refractivity contribution is 5.97. The van der Waals surface area contributed by atoms with Crippen molar-refractivity contribution < 1.29 is 19.1 Å². The van der Waals surface area contributed by atoms with E-state index < -0.39 is 0 Å². The third-order valence-corrected chi connectivity index (χ3v) is 4.15. The number of hydrogen-bond acceptors (Lipinski definition) is 4. The summed E-state index contributed by atoms with van der Waals surface area (Å²) in [6.07, 6.45) is -0.330. The smallest absolute Gasteiger partial charge is 0.409 e. The quantitative estimate of drug-likeness (QED) is 0.809. The molecule has 28 heavy (non-hydrogen) atoms. The Kier molecular flexibility index (Phi) is 7.66. The maximum Gasteiger partial charge on any atom is 0.409 e. The van der Waals surface area contributed by atoms with Crippen LogP contribution in [0, 0.1) is 5.92 Å². The first kappa shape index (κ1) is 21.5. The summed E-state index contributed by atoms with van der Waals surface area (Å²) >= 11 is 0. The van der Waals surface area contributed by atoms with E-state index in [1.807, 2.05) is 27.7 Å². The fraction of sp³-hybridized carbons (Fsp3) is 0.550. The number of piperazine rings is 1. The van der Waals surface area contributed by atoms with Gasteiger partial charge in [-0.1, -0.05) is 19.9 Å². The Morgan fingerprint density at radius 2 is 1.68 bits per heavy atom. The van der Waals surface area contributed by atoms with Crippen LogP contribution in [0.3, 0.4) is 0 Å². The van der Waals surface area contributed by atoms with Gasteiger partial charge in [-0.2, -0.15) is 0 Å². The number of urea groups is 1. The maximum atomic E-state index is 12.8. The molecule has 0 unspecified atom stereocenters. The molecular formula is C20H30N4O4. The van der Waals surface area contributed by atoms with Gasteiger partial charge >= 0.3 is 12.1 Å². The molecule has 0 bridgehead atoms. The molecule has 0 aliphatic carbocycles. The molecule has 1 heterocycles. The Labute approximate surface area is 166 Å². The summed E-state index contributed by atoms with van der Waals surface area (Å²) in [7, 11) is 0. The Balaban J connectivity index is 1.90. The van der Waals surface area contributed by atoms with Crippen molar-refractivity contribution in [3.63, 3.8) is 0 Å². The SMILES string of the molecule is CC(C)COC(=O)N1CCN(C(=O)c2cccc(NC(=O)NC(C)C)c2)CC1. The number of rotatable bonds is 5. The molecule has 0 aromatic heterocycles. The van der Waals surface area contributed by atoms with Gasteiger partial charge in [0.15, 0.2) is 0 Å². The summed E-state index contributed by atoms with van der Waals surface area (Å²) in [6, 6.07) is 6.56. The molecule has 1 fully saturated rings. The zero-order chi connectivity index (χ0) is 20.7. The van der Waals surface area contributed by atoms with E-state index in [0.29, 0.717) is 44.0 Å². The number of anilines is 1. The van der Waals surface area contributed by atoms with Gasteiger partial charge in [0.1, 0.15) is 0 Å². The first-order valence-electron chi connectivity index (χ1n) is 9.64. The Bertz CT molecular complexity index is 697. The van der Waals surface area contributed by atoms with E-state index in [1.54, 1.807) is 34.1 Å². The van der Waals surface area contributed by atoms with Crippen molar-refractivity contribution >= 4 is 23.7 Å². The topological polar surface area (TPSA) is 91.0 Å². The number of benzene rings is 1. The molecule has 1 aromatic carbocycles. The summed E-state index contributed by atoms with van der Waals surface area (Å²) in [5.74, 6) is 0.165. The number of nitrogens with one attached hydrogen (secondary N) is 2. The van der Waals surface area contributed by atoms with Crippen LogP contribution in [-0.4, -0.2) is 66.7 Å². The van der Waals surface area contributed by atoms with Crippen LogP contribution in [0.2, 0.25) is 0 Å². The number of nitrogens with zero attached hydrogens (tertiary/aromatic N) is 2. The zero-order valence-corrected chi connectivity index (χ0v) is 17.0. The predicted octanol–water partition coefficient (Wildman–Crippen LogP) is 2.77. The average molecular weight is 390 g/mol. The first-order chi connectivity index (χ1) is 13.3. The minimum atomic E-state index is -0.330. The molecule has 1 aliphatic rings. The second-order valence-electron chi connectivity index (χ2n) is 7.58. The molecular weight excluding hydrogens is 360 g/mol. The Hall–Kier alpha value is -2.77. The minimum absolute atomic E-state index is 0.0216. The monoisotopic (exact) mass is 390 g/mol. The summed E-state index contributed by atoms with van der Waals surface area (Å²) in [6.45, 7) is 9.88. The van der Waals surface area contributed by atoms with Gasteiger partial charge in [-0.05, 0) is 38.0 Å². The van der Waals surface area contributed by atoms with E-state index in [0.717, 1.165) is 0 Å². The highest BCUT2D eigenvalue weighted by Gasteiger charge is 2.26. The molecule has 8 nitrogen and oxygen atoms in total. The van der Waals surface area contributed by atoms with E-state index in [9.17, 15) is 14.4 Å². The minimum Gasteiger partial charge on any atom is -0.449 e. The molecule has 4 amide bonds. The molecule has 0 spiro atoms. The number of ether oxygens (including phenoxy) is 1. The van der Waals surface area contributed by atoms with Gasteiger partial charge in [-0.3, -0.25) is 4.79 Å². The van der Waals surface area contributed by atoms with Gasteiger partial charge in [0.05, 0.1) is 6.61 Å². The second-order valence-corrected chi connectivity index (χ2v) is 7.58. The Morgan fingerprint density at radius 1 is 1.04 bits per heavy atom. The highest BCUT2D eigenvalue weighted by atomic mass is 16.6. The second kappa shape index (κ2) is 9.96. The van der Waals surface area contributed by atoms with Gasteiger partial charge in [0.2, 0.25) is 0 Å². The molecule has 0 saturated carbocycles. The van der Waals surface area contributed by atoms with Gasteiger partial charge in [0, 0.05) is 43.5 Å². The van der Waals surface area contributed by atoms with Crippen molar-refractivity contribution in [1.29, 1.82) is 0 Å². The van der Waals surface area contributed by atoms with Gasteiger partial charge < -0.3 is 25.2 Å². The summed E-state index contributed by atoms with van der Waals surface area (Å²) in [5.41, 5.74) is 1.05. The van der Waals surface area contributed by atoms with Gasteiger partial charge in [0.25, 0.3) is 5.91 Å². The molecule has 1 saturated heterocycles. The molecule has 154 valence electrons. The number of carbonyl (C=O) groups excluding carboxylic acids is 3. The molecule has 2 rings (SSSR count). The largest absolute Gasteiger partial charge is 0.449 e. The number of carbonyl (C=O) groups is 3. The lowest BCUT2D eigenvalue weighted by atomic mass is 10.1. The Morgan fingerprint density at radius 3 is 2.29 bits per heavy atom. The first-order valence-corrected chi connectivity index (χ1v) is 9.64. The van der Waals surface area contributed by atoms with Crippen LogP contribution in [0.15, 0.2) is 24.3 Å². The van der Waals surface area contributed by atoms with Crippen LogP contribution >= 0.6 is 0 Å². The van der Waals surface area contributed by atoms with Crippen LogP contribution in [0.1, 0.15) is 38.1 Å². The zero-order valence-electron chi connectivity index (χ0n) is 17.0. The van der Waals surface area contributed by atoms with Crippen LogP contribution in [0.25, 0.3) is 0 Å². The summed E-state index contributed by atoms with van der Waals surface area (Å²) < 4.78 is 5.24. The third-order valence-electron chi connectivity index (χ3n) is 4.15. The van der Waals surface area contributed by atoms with Crippen molar-refractivity contribution in [2.24, 2.45) is 5.92 Å². The van der Waals surface area contributed by atoms with Crippen molar-refractivity contribution in [3.05, 3.63) is 29.8 Å². The number of amides is 4. The molecule has 8 heteroatoms. The van der Waals surface area contributed by atoms with E-state index in [4.69, 9.17) is 4.74 Å². The van der Waals surface area contributed by atoms with Crippen LogP contribution in [-0.2, 0) is 4.74 Å². The molecule has 1 aliphatic heterocycles. The standard InChI is InChI=1S/C20H30N4O4/c1-14(2)13-28-20(27)24-10-8-23(9-11-24)18(25)16-6-5-7-17(12-16)22-19(26)21-15(3)4/h5-7,12,14-15H,8-11,13H2,1-4H3,(H2,21,22,26). The fourth-order valence-electron chi connectivity index (χ4n) is 2.76. The van der Waals surface area contributed by atoms with E-state index in [1.165, 1.54) is 0 Å². The van der Waals surface area contributed by atoms with Crippen molar-refractivity contribution in [1.82, 2.24) is 15.1 Å². The lowest BCUT2D eigenvalue weighted by Gasteiger charge is -2.34. The van der Waals surface area contributed by atoms with E-state index in [2.05, 4.69) is 10.6 Å². The lowest BCUT2D eigenvalue weighted by Crippen LogP contribution is -2.50. The number of hydrogen-bond donors (Lipinski definition) is 2.